The number of fused-ring (bicyclic) bond motifs is 1. The highest BCUT2D eigenvalue weighted by Gasteiger charge is 2.44. The van der Waals surface area contributed by atoms with E-state index < -0.39 is 23.3 Å². The third-order valence-electron chi connectivity index (χ3n) is 4.21. The number of hydrogen-bond acceptors (Lipinski definition) is 4. The molecule has 0 spiro atoms. The molecule has 1 heterocycles. The average Bonchev–Trinajstić information content (AvgIpc) is 3.33. The maximum Gasteiger partial charge on any atom is 0.262 e. The van der Waals surface area contributed by atoms with E-state index in [0.29, 0.717) is 11.1 Å². The Morgan fingerprint density at radius 1 is 1.32 bits per heavy atom. The summed E-state index contributed by atoms with van der Waals surface area (Å²) in [6.07, 6.45) is 1.80. The topological polar surface area (TPSA) is 90.3 Å². The molecule has 0 saturated heterocycles. The molecule has 0 aromatic heterocycles. The molecule has 22 heavy (non-hydrogen) atoms. The number of nitrogens with zero attached hydrogens (tertiary/aromatic N) is 2. The summed E-state index contributed by atoms with van der Waals surface area (Å²) in [6, 6.07) is 8.60. The van der Waals surface area contributed by atoms with Crippen LogP contribution in [0, 0.1) is 17.2 Å². The lowest BCUT2D eigenvalue weighted by Crippen LogP contribution is -2.51. The molecule has 1 aliphatic carbocycles. The van der Waals surface area contributed by atoms with Crippen molar-refractivity contribution >= 4 is 17.7 Å². The lowest BCUT2D eigenvalue weighted by atomic mass is 9.98. The van der Waals surface area contributed by atoms with Crippen LogP contribution < -0.4 is 5.32 Å². The lowest BCUT2D eigenvalue weighted by Gasteiger charge is -2.24. The van der Waals surface area contributed by atoms with Crippen LogP contribution in [0.1, 0.15) is 40.5 Å². The van der Waals surface area contributed by atoms with Crippen molar-refractivity contribution in [2.45, 2.75) is 25.3 Å². The van der Waals surface area contributed by atoms with Crippen LogP contribution in [0.2, 0.25) is 0 Å². The molecule has 1 unspecified atom stereocenters. The van der Waals surface area contributed by atoms with Gasteiger partial charge in [0.2, 0.25) is 5.91 Å². The van der Waals surface area contributed by atoms with Crippen LogP contribution in [0.25, 0.3) is 0 Å². The van der Waals surface area contributed by atoms with E-state index in [-0.39, 0.29) is 12.5 Å². The third kappa shape index (κ3) is 2.25. The van der Waals surface area contributed by atoms with E-state index in [1.807, 2.05) is 0 Å². The maximum atomic E-state index is 12.2. The van der Waals surface area contributed by atoms with Crippen LogP contribution in [0.3, 0.4) is 0 Å². The molecule has 1 aromatic rings. The molecule has 2 aliphatic rings. The van der Waals surface area contributed by atoms with Gasteiger partial charge in [-0.15, -0.1) is 0 Å². The molecule has 0 bridgehead atoms. The second kappa shape index (κ2) is 4.95. The molecule has 3 amide bonds. The summed E-state index contributed by atoms with van der Waals surface area (Å²) >= 11 is 0. The van der Waals surface area contributed by atoms with Gasteiger partial charge >= 0.3 is 0 Å². The Hall–Kier alpha value is -2.68. The Labute approximate surface area is 127 Å². The van der Waals surface area contributed by atoms with Gasteiger partial charge in [-0.2, -0.15) is 5.26 Å². The van der Waals surface area contributed by atoms with E-state index in [1.165, 1.54) is 0 Å². The van der Waals surface area contributed by atoms with Gasteiger partial charge in [-0.25, -0.2) is 0 Å². The summed E-state index contributed by atoms with van der Waals surface area (Å²) < 4.78 is 0. The Balaban J connectivity index is 1.72. The molecule has 1 atom stereocenters. The smallest absolute Gasteiger partial charge is 0.262 e. The summed E-state index contributed by atoms with van der Waals surface area (Å²) in [7, 11) is 0. The molecule has 0 radical (unpaired) electrons. The minimum atomic E-state index is -0.935. The van der Waals surface area contributed by atoms with Crippen molar-refractivity contribution in [1.82, 2.24) is 10.2 Å². The van der Waals surface area contributed by atoms with Crippen molar-refractivity contribution in [2.24, 2.45) is 5.92 Å². The van der Waals surface area contributed by atoms with Gasteiger partial charge in [-0.05, 0) is 37.8 Å². The predicted octanol–water partition coefficient (Wildman–Crippen LogP) is 1.09. The van der Waals surface area contributed by atoms with Crippen molar-refractivity contribution in [2.75, 3.05) is 6.54 Å². The fourth-order valence-electron chi connectivity index (χ4n) is 2.74. The fourth-order valence-corrected chi connectivity index (χ4v) is 2.74. The van der Waals surface area contributed by atoms with Crippen LogP contribution in [-0.4, -0.2) is 34.7 Å². The molecule has 6 heteroatoms. The molecule has 1 saturated carbocycles. The number of hydrogen-bond donors (Lipinski definition) is 1. The minimum Gasteiger partial charge on any atom is -0.336 e. The highest BCUT2D eigenvalue weighted by Crippen LogP contribution is 2.39. The van der Waals surface area contributed by atoms with E-state index in [1.54, 1.807) is 31.2 Å². The summed E-state index contributed by atoms with van der Waals surface area (Å²) in [5.41, 5.74) is -0.313. The molecule has 1 N–H and O–H groups in total. The van der Waals surface area contributed by atoms with E-state index in [2.05, 4.69) is 11.4 Å². The fraction of sp³-hybridized carbons (Fsp3) is 0.375. The third-order valence-corrected chi connectivity index (χ3v) is 4.21. The van der Waals surface area contributed by atoms with Crippen LogP contribution in [0.5, 0.6) is 0 Å². The Kier molecular flexibility index (Phi) is 3.21. The lowest BCUT2D eigenvalue weighted by molar-refractivity contribution is -0.122. The number of imide groups is 1. The van der Waals surface area contributed by atoms with Gasteiger partial charge in [0.25, 0.3) is 11.8 Å². The Bertz CT molecular complexity index is 683. The quantitative estimate of drug-likeness (QED) is 0.842. The first-order chi connectivity index (χ1) is 10.5. The summed E-state index contributed by atoms with van der Waals surface area (Å²) in [5.74, 6) is -1.30. The van der Waals surface area contributed by atoms with Crippen molar-refractivity contribution in [1.29, 1.82) is 5.26 Å². The second-order valence-corrected chi connectivity index (χ2v) is 5.88. The maximum absolute atomic E-state index is 12.2. The van der Waals surface area contributed by atoms with Gasteiger partial charge < -0.3 is 5.32 Å². The van der Waals surface area contributed by atoms with E-state index >= 15 is 0 Å². The molecular weight excluding hydrogens is 282 g/mol. The monoisotopic (exact) mass is 297 g/mol. The van der Waals surface area contributed by atoms with Gasteiger partial charge in [0.15, 0.2) is 0 Å². The van der Waals surface area contributed by atoms with Crippen molar-refractivity contribution in [3.8, 4) is 6.07 Å². The zero-order valence-electron chi connectivity index (χ0n) is 12.1. The second-order valence-electron chi connectivity index (χ2n) is 5.88. The summed E-state index contributed by atoms with van der Waals surface area (Å²) in [4.78, 5) is 37.4. The van der Waals surface area contributed by atoms with E-state index in [9.17, 15) is 19.6 Å². The highest BCUT2D eigenvalue weighted by atomic mass is 16.2. The van der Waals surface area contributed by atoms with Crippen LogP contribution >= 0.6 is 0 Å². The number of rotatable bonds is 4. The van der Waals surface area contributed by atoms with Crippen LogP contribution in [0.15, 0.2) is 24.3 Å². The van der Waals surface area contributed by atoms with Crippen LogP contribution in [0.4, 0.5) is 0 Å². The molecule has 6 nitrogen and oxygen atoms in total. The number of nitrogens with one attached hydrogen (secondary N) is 1. The van der Waals surface area contributed by atoms with Gasteiger partial charge in [-0.3, -0.25) is 19.3 Å². The number of amides is 3. The zero-order valence-corrected chi connectivity index (χ0v) is 12.1. The minimum absolute atomic E-state index is 0.142. The molecule has 112 valence electrons. The Morgan fingerprint density at radius 2 is 1.86 bits per heavy atom. The SMILES string of the molecule is CC(C#N)(NC(=O)CN1C(=O)c2ccccc2C1=O)C1CC1. The first kappa shape index (κ1) is 14.3. The zero-order chi connectivity index (χ0) is 15.9. The van der Waals surface area contributed by atoms with Gasteiger partial charge in [0, 0.05) is 0 Å². The van der Waals surface area contributed by atoms with E-state index in [0.717, 1.165) is 17.7 Å². The van der Waals surface area contributed by atoms with Gasteiger partial charge in [-0.1, -0.05) is 12.1 Å². The molecule has 1 aromatic carbocycles. The first-order valence-corrected chi connectivity index (χ1v) is 7.14. The first-order valence-electron chi connectivity index (χ1n) is 7.14. The normalized spacial score (nSPS) is 19.4. The number of carbonyl (C=O) groups is 3. The largest absolute Gasteiger partial charge is 0.336 e. The van der Waals surface area contributed by atoms with Crippen molar-refractivity contribution < 1.29 is 14.4 Å². The predicted molar refractivity (Wildman–Crippen MR) is 76.7 cm³/mol. The molecular formula is C16H15N3O3. The molecule has 1 aliphatic heterocycles. The standard InChI is InChI=1S/C16H15N3O3/c1-16(9-17,10-6-7-10)18-13(20)8-19-14(21)11-4-2-3-5-12(11)15(19)22/h2-5,10H,6-8H2,1H3,(H,18,20). The van der Waals surface area contributed by atoms with Gasteiger partial charge in [0.05, 0.1) is 17.2 Å². The molecule has 1 fully saturated rings. The van der Waals surface area contributed by atoms with Crippen molar-refractivity contribution in [3.63, 3.8) is 0 Å². The molecule has 3 rings (SSSR count). The number of carbonyl (C=O) groups excluding carboxylic acids is 3. The summed E-state index contributed by atoms with van der Waals surface area (Å²) in [5, 5.41) is 11.9. The summed E-state index contributed by atoms with van der Waals surface area (Å²) in [6.45, 7) is 1.31. The average molecular weight is 297 g/mol. The van der Waals surface area contributed by atoms with Gasteiger partial charge in [0.1, 0.15) is 12.1 Å². The Morgan fingerprint density at radius 3 is 2.32 bits per heavy atom. The van der Waals surface area contributed by atoms with Crippen molar-refractivity contribution in [3.05, 3.63) is 35.4 Å². The highest BCUT2D eigenvalue weighted by molar-refractivity contribution is 6.22. The van der Waals surface area contributed by atoms with E-state index in [4.69, 9.17) is 0 Å². The number of nitriles is 1. The number of benzene rings is 1. The van der Waals surface area contributed by atoms with Crippen LogP contribution in [-0.2, 0) is 4.79 Å².